The van der Waals surface area contributed by atoms with Crippen molar-refractivity contribution in [1.29, 1.82) is 0 Å². The Kier molecular flexibility index (Phi) is 6.66. The fourth-order valence-electron chi connectivity index (χ4n) is 7.66. The van der Waals surface area contributed by atoms with Gasteiger partial charge >= 0.3 is 0 Å². The summed E-state index contributed by atoms with van der Waals surface area (Å²) in [5.41, 5.74) is 3.36. The summed E-state index contributed by atoms with van der Waals surface area (Å²) >= 11 is 0. The maximum Gasteiger partial charge on any atom is 0.224 e. The maximum absolute atomic E-state index is 13.2. The summed E-state index contributed by atoms with van der Waals surface area (Å²) in [5, 5.41) is 11.2. The van der Waals surface area contributed by atoms with Gasteiger partial charge in [-0.1, -0.05) is 36.4 Å². The highest BCUT2D eigenvalue weighted by Gasteiger charge is 2.51. The highest BCUT2D eigenvalue weighted by Crippen LogP contribution is 2.61. The molecule has 7 rings (SSSR count). The minimum atomic E-state index is 0.176. The number of benzene rings is 2. The molecule has 4 fully saturated rings. The zero-order valence-corrected chi connectivity index (χ0v) is 21.1. The van der Waals surface area contributed by atoms with Crippen molar-refractivity contribution in [3.05, 3.63) is 66.2 Å². The second-order valence-electron chi connectivity index (χ2n) is 11.7. The van der Waals surface area contributed by atoms with Crippen LogP contribution in [0.3, 0.4) is 0 Å². The number of hydrogen-bond acceptors (Lipinski definition) is 4. The smallest absolute Gasteiger partial charge is 0.224 e. The van der Waals surface area contributed by atoms with Crippen LogP contribution in [-0.4, -0.2) is 24.0 Å². The van der Waals surface area contributed by atoms with Gasteiger partial charge in [-0.05, 0) is 104 Å². The van der Waals surface area contributed by atoms with Crippen molar-refractivity contribution in [1.82, 2.24) is 10.3 Å². The van der Waals surface area contributed by atoms with Crippen LogP contribution in [0.25, 0.3) is 10.9 Å². The number of carbonyl (C=O) groups excluding carboxylic acids is 1. The van der Waals surface area contributed by atoms with Crippen molar-refractivity contribution >= 4 is 28.3 Å². The Morgan fingerprint density at radius 2 is 1.61 bits per heavy atom. The molecule has 5 nitrogen and oxygen atoms in total. The molecule has 0 saturated heterocycles. The third kappa shape index (κ3) is 5.27. The van der Waals surface area contributed by atoms with Crippen molar-refractivity contribution < 1.29 is 4.79 Å². The molecule has 1 amide bonds. The van der Waals surface area contributed by atoms with Gasteiger partial charge in [-0.3, -0.25) is 4.79 Å². The van der Waals surface area contributed by atoms with Gasteiger partial charge in [0.05, 0.1) is 11.2 Å². The molecule has 0 spiro atoms. The molecule has 4 aliphatic carbocycles. The van der Waals surface area contributed by atoms with Crippen molar-refractivity contribution in [2.45, 2.75) is 57.9 Å². The van der Waals surface area contributed by atoms with E-state index in [9.17, 15) is 4.79 Å². The van der Waals surface area contributed by atoms with E-state index in [1.165, 1.54) is 44.1 Å². The Bertz CT molecular complexity index is 1170. The normalized spacial score (nSPS) is 26.3. The van der Waals surface area contributed by atoms with E-state index in [0.29, 0.717) is 6.42 Å². The van der Waals surface area contributed by atoms with Gasteiger partial charge in [0.1, 0.15) is 5.82 Å². The van der Waals surface area contributed by atoms with Gasteiger partial charge in [-0.15, -0.1) is 0 Å². The first-order valence-corrected chi connectivity index (χ1v) is 13.8. The Hall–Kier alpha value is -2.92. The second kappa shape index (κ2) is 10.2. The van der Waals surface area contributed by atoms with Crippen LogP contribution < -0.4 is 16.0 Å². The van der Waals surface area contributed by atoms with E-state index in [4.69, 9.17) is 4.98 Å². The number of pyridine rings is 1. The van der Waals surface area contributed by atoms with Crippen molar-refractivity contribution in [2.75, 3.05) is 23.7 Å². The Morgan fingerprint density at radius 1 is 0.861 bits per heavy atom. The van der Waals surface area contributed by atoms with Crippen molar-refractivity contribution in [3.8, 4) is 0 Å². The van der Waals surface area contributed by atoms with E-state index in [-0.39, 0.29) is 11.3 Å². The number of nitrogens with zero attached hydrogens (tertiary/aromatic N) is 1. The third-order valence-electron chi connectivity index (χ3n) is 8.71. The predicted molar refractivity (Wildman–Crippen MR) is 147 cm³/mol. The Labute approximate surface area is 214 Å². The molecule has 2 aromatic carbocycles. The largest absolute Gasteiger partial charge is 0.370 e. The van der Waals surface area contributed by atoms with E-state index in [1.54, 1.807) is 0 Å². The van der Waals surface area contributed by atoms with Crippen molar-refractivity contribution in [3.63, 3.8) is 0 Å². The van der Waals surface area contributed by atoms with Crippen LogP contribution in [0, 0.1) is 23.2 Å². The number of hydrogen-bond donors (Lipinski definition) is 3. The topological polar surface area (TPSA) is 66.0 Å². The van der Waals surface area contributed by atoms with Crippen molar-refractivity contribution in [2.24, 2.45) is 23.2 Å². The average Bonchev–Trinajstić information content (AvgIpc) is 2.85. The third-order valence-corrected chi connectivity index (χ3v) is 8.71. The van der Waals surface area contributed by atoms with E-state index in [1.807, 2.05) is 30.3 Å². The lowest BCUT2D eigenvalue weighted by Gasteiger charge is -2.56. The molecule has 4 bridgehead atoms. The number of nitrogens with one attached hydrogen (secondary N) is 3. The number of anilines is 2. The number of amides is 1. The zero-order chi connectivity index (χ0) is 24.4. The summed E-state index contributed by atoms with van der Waals surface area (Å²) in [6.45, 7) is 2.71. The molecule has 3 aromatic rings. The highest BCUT2D eigenvalue weighted by molar-refractivity contribution is 6.01. The monoisotopic (exact) mass is 482 g/mol. The van der Waals surface area contributed by atoms with Gasteiger partial charge in [-0.25, -0.2) is 4.98 Å². The molecule has 0 atom stereocenters. The van der Waals surface area contributed by atoms with E-state index in [0.717, 1.165) is 66.2 Å². The van der Waals surface area contributed by atoms with Gasteiger partial charge in [0.25, 0.3) is 0 Å². The fraction of sp³-hybridized carbons (Fsp3) is 0.484. The number of carbonyl (C=O) groups is 1. The van der Waals surface area contributed by atoms with E-state index >= 15 is 0 Å². The Morgan fingerprint density at radius 3 is 2.36 bits per heavy atom. The second-order valence-corrected chi connectivity index (χ2v) is 11.7. The summed E-state index contributed by atoms with van der Waals surface area (Å²) in [6.07, 6.45) is 9.73. The molecule has 1 heterocycles. The SMILES string of the molecule is O=C(CC12CC3CC(CC(C3)C1)C2)Nc1cccc2nc(NCCCNCc3ccccc3)ccc12. The van der Waals surface area contributed by atoms with Crippen LogP contribution >= 0.6 is 0 Å². The quantitative estimate of drug-likeness (QED) is 0.294. The highest BCUT2D eigenvalue weighted by atomic mass is 16.1. The van der Waals surface area contributed by atoms with Crippen LogP contribution in [-0.2, 0) is 11.3 Å². The fourth-order valence-corrected chi connectivity index (χ4v) is 7.66. The molecule has 36 heavy (non-hydrogen) atoms. The van der Waals surface area contributed by atoms with Gasteiger partial charge in [-0.2, -0.15) is 0 Å². The van der Waals surface area contributed by atoms with Gasteiger partial charge in [0.2, 0.25) is 5.91 Å². The van der Waals surface area contributed by atoms with E-state index in [2.05, 4.69) is 46.3 Å². The lowest BCUT2D eigenvalue weighted by molar-refractivity contribution is -0.124. The standard InChI is InChI=1S/C31H38N4O/c36-30(20-31-17-23-14-24(18-31)16-25(15-23)19-31)35-28-9-4-8-27-26(28)10-11-29(34-27)33-13-5-12-32-21-22-6-2-1-3-7-22/h1-4,6-11,23-25,32H,5,12-21H2,(H,33,34)(H,35,36). The first kappa shape index (κ1) is 23.5. The molecule has 5 heteroatoms. The molecule has 3 N–H and O–H groups in total. The van der Waals surface area contributed by atoms with Gasteiger partial charge in [0.15, 0.2) is 0 Å². The molecule has 0 radical (unpaired) electrons. The summed E-state index contributed by atoms with van der Waals surface area (Å²) < 4.78 is 0. The van der Waals surface area contributed by atoms with Crippen LogP contribution in [0.1, 0.15) is 56.9 Å². The van der Waals surface area contributed by atoms with Crippen LogP contribution in [0.5, 0.6) is 0 Å². The molecule has 4 saturated carbocycles. The predicted octanol–water partition coefficient (Wildman–Crippen LogP) is 6.37. The van der Waals surface area contributed by atoms with Crippen LogP contribution in [0.15, 0.2) is 60.7 Å². The van der Waals surface area contributed by atoms with Crippen LogP contribution in [0.2, 0.25) is 0 Å². The summed E-state index contributed by atoms with van der Waals surface area (Å²) in [4.78, 5) is 18.0. The summed E-state index contributed by atoms with van der Waals surface area (Å²) in [5.74, 6) is 3.67. The van der Waals surface area contributed by atoms with Gasteiger partial charge < -0.3 is 16.0 Å². The number of rotatable bonds is 10. The summed E-state index contributed by atoms with van der Waals surface area (Å²) in [6, 6.07) is 20.6. The first-order valence-electron chi connectivity index (χ1n) is 13.8. The molecule has 0 unspecified atom stereocenters. The maximum atomic E-state index is 13.2. The van der Waals surface area contributed by atoms with E-state index < -0.39 is 0 Å². The zero-order valence-electron chi connectivity index (χ0n) is 21.1. The average molecular weight is 483 g/mol. The molecule has 188 valence electrons. The molecular weight excluding hydrogens is 444 g/mol. The lowest BCUT2D eigenvalue weighted by atomic mass is 9.49. The molecule has 1 aromatic heterocycles. The lowest BCUT2D eigenvalue weighted by Crippen LogP contribution is -2.47. The molecule has 0 aliphatic heterocycles. The number of fused-ring (bicyclic) bond motifs is 1. The number of aromatic nitrogens is 1. The minimum absolute atomic E-state index is 0.176. The molecular formula is C31H38N4O. The molecule has 4 aliphatic rings. The van der Waals surface area contributed by atoms with Crippen LogP contribution in [0.4, 0.5) is 11.5 Å². The van der Waals surface area contributed by atoms with Gasteiger partial charge in [0, 0.05) is 24.9 Å². The summed E-state index contributed by atoms with van der Waals surface area (Å²) in [7, 11) is 0. The Balaban J connectivity index is 1.02. The first-order chi connectivity index (χ1) is 17.6. The minimum Gasteiger partial charge on any atom is -0.370 e.